The van der Waals surface area contributed by atoms with Crippen molar-refractivity contribution in [3.63, 3.8) is 0 Å². The smallest absolute Gasteiger partial charge is 0.109 e. The molecule has 0 bridgehead atoms. The summed E-state index contributed by atoms with van der Waals surface area (Å²) in [5.74, 6) is 5.32. The Morgan fingerprint density at radius 3 is 2.37 bits per heavy atom. The Labute approximate surface area is 250 Å². The summed E-state index contributed by atoms with van der Waals surface area (Å²) in [4.78, 5) is 0. The summed E-state index contributed by atoms with van der Waals surface area (Å²) in [6.07, 6.45) is 12.8. The minimum Gasteiger partial charge on any atom is -0.396 e. The Morgan fingerprint density at radius 1 is 0.927 bits per heavy atom. The van der Waals surface area contributed by atoms with Crippen molar-refractivity contribution >= 4 is 0 Å². The maximum atomic E-state index is 10.6. The van der Waals surface area contributed by atoms with Gasteiger partial charge in [-0.1, -0.05) is 66.0 Å². The molecule has 5 rings (SSSR count). The first kappa shape index (κ1) is 31.9. The number of ether oxygens (including phenoxy) is 1. The summed E-state index contributed by atoms with van der Waals surface area (Å²) < 4.78 is 6.44. The minimum absolute atomic E-state index is 0.0238. The molecular weight excluding hydrogens is 512 g/mol. The Morgan fingerprint density at radius 2 is 1.68 bits per heavy atom. The van der Waals surface area contributed by atoms with E-state index in [9.17, 15) is 20.4 Å². The van der Waals surface area contributed by atoms with E-state index in [0.717, 1.165) is 60.7 Å². The lowest BCUT2D eigenvalue weighted by atomic mass is 9.47. The Kier molecular flexibility index (Phi) is 9.74. The molecule has 5 aliphatic carbocycles. The number of hydrogen-bond donors (Lipinski definition) is 4. The van der Waals surface area contributed by atoms with Crippen LogP contribution in [0.3, 0.4) is 0 Å². The molecule has 41 heavy (non-hydrogen) atoms. The molecule has 4 saturated carbocycles. The highest BCUT2D eigenvalue weighted by Crippen LogP contribution is 2.67. The molecule has 0 aromatic heterocycles. The van der Waals surface area contributed by atoms with Crippen molar-refractivity contribution in [3.05, 3.63) is 11.6 Å². The van der Waals surface area contributed by atoms with Gasteiger partial charge in [0.25, 0.3) is 0 Å². The average Bonchev–Trinajstić information content (AvgIpc) is 3.30. The zero-order chi connectivity index (χ0) is 29.7. The first-order valence-corrected chi connectivity index (χ1v) is 17.4. The third kappa shape index (κ3) is 5.74. The molecule has 0 amide bonds. The lowest BCUT2D eigenvalue weighted by molar-refractivity contribution is -0.194. The van der Waals surface area contributed by atoms with Crippen LogP contribution in [0.1, 0.15) is 119 Å². The summed E-state index contributed by atoms with van der Waals surface area (Å²) >= 11 is 0. The maximum Gasteiger partial charge on any atom is 0.109 e. The molecule has 0 radical (unpaired) electrons. The fourth-order valence-electron chi connectivity index (χ4n) is 11.2. The van der Waals surface area contributed by atoms with Crippen molar-refractivity contribution < 1.29 is 25.2 Å². The number of aliphatic hydroxyl groups is 4. The van der Waals surface area contributed by atoms with Crippen LogP contribution in [0.15, 0.2) is 11.6 Å². The fourth-order valence-corrected chi connectivity index (χ4v) is 11.2. The van der Waals surface area contributed by atoms with Gasteiger partial charge in [0.1, 0.15) is 12.2 Å². The van der Waals surface area contributed by atoms with Crippen molar-refractivity contribution in [1.82, 2.24) is 0 Å². The molecule has 5 heteroatoms. The first-order valence-electron chi connectivity index (χ1n) is 17.4. The van der Waals surface area contributed by atoms with E-state index in [2.05, 4.69) is 47.6 Å². The van der Waals surface area contributed by atoms with Crippen LogP contribution in [0, 0.1) is 58.2 Å². The summed E-state index contributed by atoms with van der Waals surface area (Å²) in [6, 6.07) is 0. The van der Waals surface area contributed by atoms with Gasteiger partial charge in [-0.25, -0.2) is 0 Å². The number of aliphatic hydroxyl groups excluding tert-OH is 4. The van der Waals surface area contributed by atoms with Crippen LogP contribution < -0.4 is 0 Å². The third-order valence-corrected chi connectivity index (χ3v) is 14.0. The summed E-state index contributed by atoms with van der Waals surface area (Å²) in [5, 5.41) is 40.8. The van der Waals surface area contributed by atoms with E-state index in [0.29, 0.717) is 11.8 Å². The molecule has 14 atom stereocenters. The molecule has 236 valence electrons. The van der Waals surface area contributed by atoms with Crippen LogP contribution >= 0.6 is 0 Å². The molecule has 4 fully saturated rings. The van der Waals surface area contributed by atoms with Crippen LogP contribution in [0.5, 0.6) is 0 Å². The number of hydrogen-bond acceptors (Lipinski definition) is 5. The number of rotatable bonds is 9. The molecule has 0 saturated heterocycles. The predicted octanol–water partition coefficient (Wildman–Crippen LogP) is 6.51. The van der Waals surface area contributed by atoms with E-state index in [4.69, 9.17) is 4.74 Å². The van der Waals surface area contributed by atoms with Gasteiger partial charge in [-0.05, 0) is 116 Å². The van der Waals surface area contributed by atoms with Crippen LogP contribution in [0.4, 0.5) is 0 Å². The molecule has 14 unspecified atom stereocenters. The molecule has 5 aliphatic rings. The van der Waals surface area contributed by atoms with Crippen molar-refractivity contribution in [3.8, 4) is 0 Å². The third-order valence-electron chi connectivity index (χ3n) is 14.0. The zero-order valence-electron chi connectivity index (χ0n) is 27.0. The van der Waals surface area contributed by atoms with E-state index >= 15 is 0 Å². The molecule has 4 N–H and O–H groups in total. The molecular formula is C36H62O5. The topological polar surface area (TPSA) is 90.2 Å². The second-order valence-electron chi connectivity index (χ2n) is 16.1. The van der Waals surface area contributed by atoms with Gasteiger partial charge in [0.05, 0.1) is 18.3 Å². The van der Waals surface area contributed by atoms with Gasteiger partial charge in [-0.15, -0.1) is 0 Å². The van der Waals surface area contributed by atoms with Crippen molar-refractivity contribution in [1.29, 1.82) is 0 Å². The fraction of sp³-hybridized carbons (Fsp3) is 0.944. The Bertz CT molecular complexity index is 916. The molecule has 0 heterocycles. The quantitative estimate of drug-likeness (QED) is 0.236. The first-order chi connectivity index (χ1) is 19.4. The van der Waals surface area contributed by atoms with E-state index in [-0.39, 0.29) is 18.1 Å². The molecule has 0 spiro atoms. The van der Waals surface area contributed by atoms with Gasteiger partial charge < -0.3 is 25.2 Å². The lowest BCUT2D eigenvalue weighted by Crippen LogP contribution is -2.56. The molecule has 5 nitrogen and oxygen atoms in total. The van der Waals surface area contributed by atoms with Gasteiger partial charge in [-0.3, -0.25) is 0 Å². The van der Waals surface area contributed by atoms with Gasteiger partial charge in [0.15, 0.2) is 0 Å². The minimum atomic E-state index is -1.27. The Hall–Kier alpha value is -0.460. The van der Waals surface area contributed by atoms with Gasteiger partial charge in [0.2, 0.25) is 0 Å². The standard InChI is InChI=1S/C36H62O5/c1-7-23(21(2)3)9-8-22(4)28-12-13-29-27-11-10-25-19-26(14-16-35(25,5)30(27)15-17-36(28,29)6)41-31-18-24(20-37)32(38)34(40)33(31)39/h10,21-24,26-34,37-40H,7-9,11-20H2,1-6H3. The highest BCUT2D eigenvalue weighted by Gasteiger charge is 2.59. The highest BCUT2D eigenvalue weighted by atomic mass is 16.5. The van der Waals surface area contributed by atoms with Crippen LogP contribution in [0.25, 0.3) is 0 Å². The monoisotopic (exact) mass is 574 g/mol. The van der Waals surface area contributed by atoms with E-state index in [1.165, 1.54) is 51.4 Å². The predicted molar refractivity (Wildman–Crippen MR) is 164 cm³/mol. The van der Waals surface area contributed by atoms with Crippen molar-refractivity contribution in [2.45, 2.75) is 149 Å². The lowest BCUT2D eigenvalue weighted by Gasteiger charge is -2.58. The largest absolute Gasteiger partial charge is 0.396 e. The van der Waals surface area contributed by atoms with Gasteiger partial charge in [0, 0.05) is 12.5 Å². The summed E-state index contributed by atoms with van der Waals surface area (Å²) in [7, 11) is 0. The van der Waals surface area contributed by atoms with E-state index in [1.807, 2.05) is 0 Å². The maximum absolute atomic E-state index is 10.6. The van der Waals surface area contributed by atoms with Crippen LogP contribution in [-0.2, 0) is 4.74 Å². The SMILES string of the molecule is CCC(CCC(C)C1CCC2C3CC=C4CC(OC5CC(CO)C(O)C(O)C5O)CCC4(C)C3CCC12C)C(C)C. The highest BCUT2D eigenvalue weighted by molar-refractivity contribution is 5.25. The average molecular weight is 575 g/mol. The van der Waals surface area contributed by atoms with Crippen molar-refractivity contribution in [2.24, 2.45) is 58.2 Å². The van der Waals surface area contributed by atoms with Crippen LogP contribution in [0.2, 0.25) is 0 Å². The molecule has 0 aromatic rings. The van der Waals surface area contributed by atoms with E-state index < -0.39 is 30.3 Å². The second-order valence-corrected chi connectivity index (χ2v) is 16.1. The molecule has 0 aliphatic heterocycles. The van der Waals surface area contributed by atoms with Crippen LogP contribution in [-0.4, -0.2) is 57.6 Å². The number of allylic oxidation sites excluding steroid dienone is 1. The van der Waals surface area contributed by atoms with Gasteiger partial charge in [-0.2, -0.15) is 0 Å². The van der Waals surface area contributed by atoms with Gasteiger partial charge >= 0.3 is 0 Å². The number of fused-ring (bicyclic) bond motifs is 5. The normalized spacial score (nSPS) is 47.7. The zero-order valence-corrected chi connectivity index (χ0v) is 27.0. The Balaban J connectivity index is 1.24. The summed E-state index contributed by atoms with van der Waals surface area (Å²) in [5.41, 5.74) is 2.30. The summed E-state index contributed by atoms with van der Waals surface area (Å²) in [6.45, 7) is 14.8. The van der Waals surface area contributed by atoms with E-state index in [1.54, 1.807) is 5.57 Å². The molecule has 0 aromatic carbocycles. The van der Waals surface area contributed by atoms with Crippen molar-refractivity contribution in [2.75, 3.05) is 6.61 Å². The second kappa shape index (κ2) is 12.5.